The molecule has 1 aromatic carbocycles. The maximum Gasteiger partial charge on any atom is 0.196 e. The van der Waals surface area contributed by atoms with E-state index in [-0.39, 0.29) is 34.8 Å². The molecule has 10 heteroatoms. The average molecular weight is 384 g/mol. The normalized spacial score (nSPS) is 28.4. The minimum absolute atomic E-state index is 0.0209. The van der Waals surface area contributed by atoms with E-state index < -0.39 is 42.7 Å². The van der Waals surface area contributed by atoms with E-state index >= 15 is 0 Å². The van der Waals surface area contributed by atoms with E-state index in [1.165, 1.54) is 19.2 Å². The molecule has 1 fully saturated rings. The summed E-state index contributed by atoms with van der Waals surface area (Å²) in [7, 11) is 1.39. The van der Waals surface area contributed by atoms with Gasteiger partial charge >= 0.3 is 0 Å². The molecule has 0 bridgehead atoms. The van der Waals surface area contributed by atoms with E-state index in [0.29, 0.717) is 0 Å². The Bertz CT molecular complexity index is 861. The molecule has 0 spiro atoms. The number of fused-ring (bicyclic) bond motifs is 1. The third-order valence-electron chi connectivity index (χ3n) is 4.31. The van der Waals surface area contributed by atoms with Crippen molar-refractivity contribution in [3.05, 3.63) is 34.2 Å². The predicted octanol–water partition coefficient (Wildman–Crippen LogP) is -1.18. The van der Waals surface area contributed by atoms with Gasteiger partial charge < -0.3 is 44.2 Å². The fourth-order valence-electron chi connectivity index (χ4n) is 2.85. The first-order valence-corrected chi connectivity index (χ1v) is 8.11. The molecule has 3 rings (SSSR count). The first-order valence-electron chi connectivity index (χ1n) is 8.11. The van der Waals surface area contributed by atoms with Crippen molar-refractivity contribution in [1.29, 1.82) is 0 Å². The molecule has 27 heavy (non-hydrogen) atoms. The number of aliphatic hydroxyl groups excluding tert-OH is 4. The number of phenols is 1. The fourth-order valence-corrected chi connectivity index (χ4v) is 2.85. The van der Waals surface area contributed by atoms with Gasteiger partial charge in [-0.15, -0.1) is 0 Å². The standard InChI is InChI=1S/C17H20O10/c1-24-7-2-9(19)13-10(20)3-8(26-11(13)4-7)6-25-17-16(23)15(22)14(21)12(5-18)27-17/h2-4,12,14-19,21-23H,5-6H2,1H3. The summed E-state index contributed by atoms with van der Waals surface area (Å²) in [4.78, 5) is 12.2. The lowest BCUT2D eigenvalue weighted by molar-refractivity contribution is -0.304. The van der Waals surface area contributed by atoms with E-state index in [1.807, 2.05) is 0 Å². The zero-order chi connectivity index (χ0) is 19.7. The number of hydrogen-bond acceptors (Lipinski definition) is 10. The molecule has 0 amide bonds. The predicted molar refractivity (Wildman–Crippen MR) is 89.3 cm³/mol. The van der Waals surface area contributed by atoms with E-state index in [0.717, 1.165) is 6.07 Å². The van der Waals surface area contributed by atoms with Crippen molar-refractivity contribution in [3.8, 4) is 11.5 Å². The second-order valence-corrected chi connectivity index (χ2v) is 6.10. The molecular weight excluding hydrogens is 364 g/mol. The quantitative estimate of drug-likeness (QED) is 0.425. The number of hydrogen-bond donors (Lipinski definition) is 5. The molecule has 148 valence electrons. The molecule has 5 N–H and O–H groups in total. The number of benzene rings is 1. The third kappa shape index (κ3) is 3.76. The Labute approximate surface area is 152 Å². The Hall–Kier alpha value is -2.21. The summed E-state index contributed by atoms with van der Waals surface area (Å²) in [6, 6.07) is 3.82. The first kappa shape index (κ1) is 19.5. The summed E-state index contributed by atoms with van der Waals surface area (Å²) in [6.45, 7) is -0.902. The van der Waals surface area contributed by atoms with Gasteiger partial charge in [-0.25, -0.2) is 0 Å². The van der Waals surface area contributed by atoms with Crippen molar-refractivity contribution in [3.63, 3.8) is 0 Å². The Kier molecular flexibility index (Phi) is 5.65. The van der Waals surface area contributed by atoms with Crippen LogP contribution in [0.4, 0.5) is 0 Å². The Balaban J connectivity index is 1.81. The lowest BCUT2D eigenvalue weighted by Crippen LogP contribution is -2.59. The maximum atomic E-state index is 12.2. The molecule has 1 aromatic heterocycles. The molecule has 2 aromatic rings. The van der Waals surface area contributed by atoms with Gasteiger partial charge in [0, 0.05) is 18.2 Å². The van der Waals surface area contributed by atoms with E-state index in [2.05, 4.69) is 0 Å². The van der Waals surface area contributed by atoms with Crippen LogP contribution in [0.2, 0.25) is 0 Å². The van der Waals surface area contributed by atoms with Gasteiger partial charge in [-0.3, -0.25) is 4.79 Å². The number of rotatable bonds is 5. The zero-order valence-corrected chi connectivity index (χ0v) is 14.3. The summed E-state index contributed by atoms with van der Waals surface area (Å²) in [5.41, 5.74) is -0.435. The van der Waals surface area contributed by atoms with Crippen molar-refractivity contribution in [2.24, 2.45) is 0 Å². The van der Waals surface area contributed by atoms with Crippen LogP contribution in [-0.4, -0.2) is 70.0 Å². The second kappa shape index (κ2) is 7.80. The van der Waals surface area contributed by atoms with Crippen molar-refractivity contribution in [2.45, 2.75) is 37.3 Å². The van der Waals surface area contributed by atoms with Crippen LogP contribution in [0.5, 0.6) is 11.5 Å². The summed E-state index contributed by atoms with van der Waals surface area (Å²) >= 11 is 0. The van der Waals surface area contributed by atoms with Crippen molar-refractivity contribution in [2.75, 3.05) is 13.7 Å². The van der Waals surface area contributed by atoms with Crippen LogP contribution >= 0.6 is 0 Å². The monoisotopic (exact) mass is 384 g/mol. The van der Waals surface area contributed by atoms with Gasteiger partial charge in [0.15, 0.2) is 11.7 Å². The topological polar surface area (TPSA) is 159 Å². The lowest BCUT2D eigenvalue weighted by atomic mass is 9.99. The summed E-state index contributed by atoms with van der Waals surface area (Å²) < 4.78 is 21.1. The van der Waals surface area contributed by atoms with E-state index in [1.54, 1.807) is 0 Å². The third-order valence-corrected chi connectivity index (χ3v) is 4.31. The highest BCUT2D eigenvalue weighted by atomic mass is 16.7. The highest BCUT2D eigenvalue weighted by Gasteiger charge is 2.44. The molecule has 1 aliphatic heterocycles. The Morgan fingerprint density at radius 1 is 1.11 bits per heavy atom. The SMILES string of the molecule is COc1cc(O)c2c(=O)cc(COC3OC(CO)C(O)C(O)C3O)oc2c1. The van der Waals surface area contributed by atoms with Crippen LogP contribution in [0.25, 0.3) is 11.0 Å². The van der Waals surface area contributed by atoms with E-state index in [4.69, 9.17) is 23.7 Å². The molecular formula is C17H20O10. The maximum absolute atomic E-state index is 12.2. The number of aromatic hydroxyl groups is 1. The van der Waals surface area contributed by atoms with Crippen molar-refractivity contribution in [1.82, 2.24) is 0 Å². The molecule has 0 radical (unpaired) electrons. The van der Waals surface area contributed by atoms with Gasteiger partial charge in [0.05, 0.1) is 13.7 Å². The Morgan fingerprint density at radius 2 is 1.85 bits per heavy atom. The molecule has 1 saturated heterocycles. The lowest BCUT2D eigenvalue weighted by Gasteiger charge is -2.39. The van der Waals surface area contributed by atoms with Gasteiger partial charge in [0.25, 0.3) is 0 Å². The smallest absolute Gasteiger partial charge is 0.196 e. The van der Waals surface area contributed by atoms with Crippen LogP contribution in [0.1, 0.15) is 5.76 Å². The average Bonchev–Trinajstić information content (AvgIpc) is 2.65. The minimum atomic E-state index is -1.58. The van der Waals surface area contributed by atoms with Crippen molar-refractivity contribution >= 4 is 11.0 Å². The number of phenolic OH excluding ortho intramolecular Hbond substituents is 1. The van der Waals surface area contributed by atoms with Crippen LogP contribution < -0.4 is 10.2 Å². The van der Waals surface area contributed by atoms with Gasteiger partial charge in [-0.2, -0.15) is 0 Å². The Morgan fingerprint density at radius 3 is 2.52 bits per heavy atom. The highest BCUT2D eigenvalue weighted by molar-refractivity contribution is 5.84. The second-order valence-electron chi connectivity index (χ2n) is 6.10. The number of ether oxygens (including phenoxy) is 3. The molecule has 5 atom stereocenters. The molecule has 10 nitrogen and oxygen atoms in total. The van der Waals surface area contributed by atoms with Crippen LogP contribution in [0.3, 0.4) is 0 Å². The van der Waals surface area contributed by atoms with Gasteiger partial charge in [0.1, 0.15) is 59.3 Å². The number of aliphatic hydroxyl groups is 4. The minimum Gasteiger partial charge on any atom is -0.507 e. The summed E-state index contributed by atoms with van der Waals surface area (Å²) in [6.07, 6.45) is -7.12. The van der Waals surface area contributed by atoms with E-state index in [9.17, 15) is 25.2 Å². The molecule has 1 aliphatic rings. The van der Waals surface area contributed by atoms with Gasteiger partial charge in [-0.1, -0.05) is 0 Å². The van der Waals surface area contributed by atoms with Crippen LogP contribution in [-0.2, 0) is 16.1 Å². The first-order chi connectivity index (χ1) is 12.8. The largest absolute Gasteiger partial charge is 0.507 e. The molecule has 0 saturated carbocycles. The zero-order valence-electron chi connectivity index (χ0n) is 14.3. The van der Waals surface area contributed by atoms with Crippen LogP contribution in [0.15, 0.2) is 27.4 Å². The number of methoxy groups -OCH3 is 1. The summed E-state index contributed by atoms with van der Waals surface area (Å²) in [5, 5.41) is 48.5. The van der Waals surface area contributed by atoms with Crippen LogP contribution in [0, 0.1) is 0 Å². The molecule has 5 unspecified atom stereocenters. The van der Waals surface area contributed by atoms with Gasteiger partial charge in [0.2, 0.25) is 0 Å². The molecule has 0 aliphatic carbocycles. The highest BCUT2D eigenvalue weighted by Crippen LogP contribution is 2.29. The van der Waals surface area contributed by atoms with Crippen molar-refractivity contribution < 1.29 is 44.2 Å². The summed E-state index contributed by atoms with van der Waals surface area (Å²) in [5.74, 6) is 0.0618. The molecule has 2 heterocycles. The van der Waals surface area contributed by atoms with Gasteiger partial charge in [-0.05, 0) is 0 Å². The fraction of sp³-hybridized carbons (Fsp3) is 0.471.